The fraction of sp³-hybridized carbons (Fsp3) is 0.154. The van der Waals surface area contributed by atoms with Gasteiger partial charge in [0, 0.05) is 17.5 Å². The molecular formula is C13H12ClN. The Labute approximate surface area is 94.4 Å². The molecule has 1 aromatic carbocycles. The number of fused-ring (bicyclic) bond motifs is 1. The standard InChI is InChI=1S/C13H12ClN/c14-8-2-1-4-11-6-7-12-5-3-9-15-13(12)10-11/h1,3-7,9-10H,2,8H2. The Morgan fingerprint density at radius 1 is 1.27 bits per heavy atom. The van der Waals surface area contributed by atoms with Crippen LogP contribution in [0, 0.1) is 0 Å². The molecule has 0 N–H and O–H groups in total. The lowest BCUT2D eigenvalue weighted by Gasteiger charge is -1.97. The first-order valence-electron chi connectivity index (χ1n) is 4.97. The molecule has 2 heteroatoms. The van der Waals surface area contributed by atoms with Crippen LogP contribution in [0.4, 0.5) is 0 Å². The van der Waals surface area contributed by atoms with Crippen molar-refractivity contribution in [3.8, 4) is 0 Å². The minimum Gasteiger partial charge on any atom is -0.256 e. The molecule has 76 valence electrons. The number of alkyl halides is 1. The number of benzene rings is 1. The van der Waals surface area contributed by atoms with E-state index >= 15 is 0 Å². The van der Waals surface area contributed by atoms with Gasteiger partial charge in [-0.2, -0.15) is 0 Å². The van der Waals surface area contributed by atoms with Crippen molar-refractivity contribution in [2.45, 2.75) is 6.42 Å². The van der Waals surface area contributed by atoms with Crippen molar-refractivity contribution in [3.05, 3.63) is 48.2 Å². The van der Waals surface area contributed by atoms with Crippen LogP contribution in [0.15, 0.2) is 42.6 Å². The first kappa shape index (κ1) is 10.2. The molecule has 0 spiro atoms. The molecule has 2 aromatic rings. The summed E-state index contributed by atoms with van der Waals surface area (Å²) in [5.74, 6) is 0.669. The fourth-order valence-electron chi connectivity index (χ4n) is 1.47. The lowest BCUT2D eigenvalue weighted by atomic mass is 10.1. The zero-order chi connectivity index (χ0) is 10.5. The topological polar surface area (TPSA) is 12.9 Å². The third kappa shape index (κ3) is 2.57. The number of rotatable bonds is 3. The van der Waals surface area contributed by atoms with Crippen LogP contribution in [0.3, 0.4) is 0 Å². The van der Waals surface area contributed by atoms with Crippen molar-refractivity contribution in [1.82, 2.24) is 4.98 Å². The number of pyridine rings is 1. The van der Waals surface area contributed by atoms with Gasteiger partial charge in [0.2, 0.25) is 0 Å². The average molecular weight is 218 g/mol. The summed E-state index contributed by atoms with van der Waals surface area (Å²) in [5.41, 5.74) is 2.21. The summed E-state index contributed by atoms with van der Waals surface area (Å²) < 4.78 is 0. The van der Waals surface area contributed by atoms with E-state index in [1.165, 1.54) is 10.9 Å². The van der Waals surface area contributed by atoms with Crippen molar-refractivity contribution in [3.63, 3.8) is 0 Å². The molecule has 1 nitrogen and oxygen atoms in total. The molecule has 0 saturated heterocycles. The smallest absolute Gasteiger partial charge is 0.0707 e. The molecule has 0 saturated carbocycles. The van der Waals surface area contributed by atoms with E-state index in [-0.39, 0.29) is 0 Å². The Balaban J connectivity index is 2.30. The second kappa shape index (κ2) is 4.94. The number of nitrogens with zero attached hydrogens (tertiary/aromatic N) is 1. The van der Waals surface area contributed by atoms with Gasteiger partial charge < -0.3 is 0 Å². The van der Waals surface area contributed by atoms with Gasteiger partial charge in [-0.25, -0.2) is 0 Å². The van der Waals surface area contributed by atoms with E-state index in [1.807, 2.05) is 12.3 Å². The number of halogens is 1. The van der Waals surface area contributed by atoms with Crippen LogP contribution in [-0.2, 0) is 0 Å². The molecule has 1 heterocycles. The van der Waals surface area contributed by atoms with Gasteiger partial charge in [0.05, 0.1) is 5.52 Å². The summed E-state index contributed by atoms with van der Waals surface area (Å²) in [4.78, 5) is 4.31. The number of hydrogen-bond donors (Lipinski definition) is 0. The Bertz CT molecular complexity index is 477. The van der Waals surface area contributed by atoms with Gasteiger partial charge in [0.1, 0.15) is 0 Å². The maximum Gasteiger partial charge on any atom is 0.0707 e. The van der Waals surface area contributed by atoms with Gasteiger partial charge in [-0.3, -0.25) is 4.98 Å². The van der Waals surface area contributed by atoms with E-state index in [0.29, 0.717) is 5.88 Å². The molecule has 0 radical (unpaired) electrons. The maximum absolute atomic E-state index is 5.60. The molecule has 0 amide bonds. The van der Waals surface area contributed by atoms with E-state index in [9.17, 15) is 0 Å². The van der Waals surface area contributed by atoms with E-state index in [1.54, 1.807) is 0 Å². The van der Waals surface area contributed by atoms with Crippen LogP contribution in [0.2, 0.25) is 0 Å². The summed E-state index contributed by atoms with van der Waals surface area (Å²) >= 11 is 5.60. The van der Waals surface area contributed by atoms with Crippen LogP contribution in [0.5, 0.6) is 0 Å². The van der Waals surface area contributed by atoms with Crippen molar-refractivity contribution in [1.29, 1.82) is 0 Å². The molecule has 0 aliphatic rings. The van der Waals surface area contributed by atoms with Gasteiger partial charge in [0.25, 0.3) is 0 Å². The third-order valence-corrected chi connectivity index (χ3v) is 2.43. The van der Waals surface area contributed by atoms with Crippen molar-refractivity contribution in [2.24, 2.45) is 0 Å². The van der Waals surface area contributed by atoms with Crippen LogP contribution in [0.1, 0.15) is 12.0 Å². The highest BCUT2D eigenvalue weighted by molar-refractivity contribution is 6.17. The summed E-state index contributed by atoms with van der Waals surface area (Å²) in [6.45, 7) is 0. The van der Waals surface area contributed by atoms with Crippen LogP contribution >= 0.6 is 11.6 Å². The van der Waals surface area contributed by atoms with Gasteiger partial charge >= 0.3 is 0 Å². The lowest BCUT2D eigenvalue weighted by Crippen LogP contribution is -1.79. The Kier molecular flexibility index (Phi) is 3.36. The minimum atomic E-state index is 0.669. The second-order valence-corrected chi connectivity index (χ2v) is 3.71. The predicted octanol–water partition coefficient (Wildman–Crippen LogP) is 3.88. The predicted molar refractivity (Wildman–Crippen MR) is 66.1 cm³/mol. The first-order chi connectivity index (χ1) is 7.40. The molecule has 0 atom stereocenters. The van der Waals surface area contributed by atoms with E-state index in [0.717, 1.165) is 11.9 Å². The molecular weight excluding hydrogens is 206 g/mol. The molecule has 0 aliphatic carbocycles. The van der Waals surface area contributed by atoms with Gasteiger partial charge in [-0.1, -0.05) is 30.4 Å². The first-order valence-corrected chi connectivity index (χ1v) is 5.51. The fourth-order valence-corrected chi connectivity index (χ4v) is 1.60. The number of allylic oxidation sites excluding steroid dienone is 1. The van der Waals surface area contributed by atoms with E-state index in [2.05, 4.69) is 41.4 Å². The molecule has 0 fully saturated rings. The summed E-state index contributed by atoms with van der Waals surface area (Å²) in [5, 5.41) is 1.17. The van der Waals surface area contributed by atoms with Crippen molar-refractivity contribution < 1.29 is 0 Å². The second-order valence-electron chi connectivity index (χ2n) is 3.34. The highest BCUT2D eigenvalue weighted by Gasteiger charge is 1.93. The third-order valence-electron chi connectivity index (χ3n) is 2.22. The number of hydrogen-bond acceptors (Lipinski definition) is 1. The van der Waals surface area contributed by atoms with Crippen LogP contribution < -0.4 is 0 Å². The quantitative estimate of drug-likeness (QED) is 0.712. The SMILES string of the molecule is ClCCC=Cc1ccc2cccnc2c1. The summed E-state index contributed by atoms with van der Waals surface area (Å²) in [7, 11) is 0. The zero-order valence-corrected chi connectivity index (χ0v) is 9.11. The Morgan fingerprint density at radius 3 is 3.07 bits per heavy atom. The highest BCUT2D eigenvalue weighted by Crippen LogP contribution is 2.14. The maximum atomic E-state index is 5.60. The van der Waals surface area contributed by atoms with Gasteiger partial charge in [-0.15, -0.1) is 11.6 Å². The summed E-state index contributed by atoms with van der Waals surface area (Å²) in [6.07, 6.45) is 6.88. The minimum absolute atomic E-state index is 0.669. The van der Waals surface area contributed by atoms with Crippen LogP contribution in [0.25, 0.3) is 17.0 Å². The normalized spacial score (nSPS) is 11.3. The van der Waals surface area contributed by atoms with Gasteiger partial charge in [-0.05, 0) is 24.1 Å². The van der Waals surface area contributed by atoms with E-state index in [4.69, 9.17) is 11.6 Å². The summed E-state index contributed by atoms with van der Waals surface area (Å²) in [6, 6.07) is 10.3. The average Bonchev–Trinajstić information content (AvgIpc) is 2.29. The molecule has 1 aromatic heterocycles. The van der Waals surface area contributed by atoms with E-state index < -0.39 is 0 Å². The molecule has 2 rings (SSSR count). The molecule has 0 aliphatic heterocycles. The van der Waals surface area contributed by atoms with Crippen molar-refractivity contribution in [2.75, 3.05) is 5.88 Å². The molecule has 15 heavy (non-hydrogen) atoms. The molecule has 0 bridgehead atoms. The Hall–Kier alpha value is -1.34. The Morgan fingerprint density at radius 2 is 2.20 bits per heavy atom. The zero-order valence-electron chi connectivity index (χ0n) is 8.36. The molecule has 0 unspecified atom stereocenters. The lowest BCUT2D eigenvalue weighted by molar-refractivity contribution is 1.24. The van der Waals surface area contributed by atoms with Gasteiger partial charge in [0.15, 0.2) is 0 Å². The number of aromatic nitrogens is 1. The van der Waals surface area contributed by atoms with Crippen molar-refractivity contribution >= 4 is 28.6 Å². The largest absolute Gasteiger partial charge is 0.256 e. The highest BCUT2D eigenvalue weighted by atomic mass is 35.5. The monoisotopic (exact) mass is 217 g/mol. The van der Waals surface area contributed by atoms with Crippen LogP contribution in [-0.4, -0.2) is 10.9 Å².